The van der Waals surface area contributed by atoms with Crippen LogP contribution in [0.15, 0.2) is 42.5 Å². The summed E-state index contributed by atoms with van der Waals surface area (Å²) in [6.07, 6.45) is 4.25. The molecule has 2 heterocycles. The van der Waals surface area contributed by atoms with Gasteiger partial charge in [-0.1, -0.05) is 12.1 Å². The smallest absolute Gasteiger partial charge is 0.262 e. The Kier molecular flexibility index (Phi) is 5.69. The second kappa shape index (κ2) is 8.55. The second-order valence-corrected chi connectivity index (χ2v) is 7.67. The highest BCUT2D eigenvalue weighted by molar-refractivity contribution is 5.99. The van der Waals surface area contributed by atoms with Crippen LogP contribution in [0.25, 0.3) is 0 Å². The molecule has 2 amide bonds. The molecule has 2 aliphatic rings. The summed E-state index contributed by atoms with van der Waals surface area (Å²) in [4.78, 5) is 26.2. The first-order valence-corrected chi connectivity index (χ1v) is 10.1. The van der Waals surface area contributed by atoms with Crippen molar-refractivity contribution in [2.75, 3.05) is 32.1 Å². The van der Waals surface area contributed by atoms with E-state index in [1.807, 2.05) is 17.0 Å². The minimum atomic E-state index is -0.173. The van der Waals surface area contributed by atoms with Crippen LogP contribution in [0.1, 0.15) is 35.2 Å². The average Bonchev–Trinajstić information content (AvgIpc) is 2.77. The zero-order chi connectivity index (χ0) is 20.2. The minimum absolute atomic E-state index is 0.00969. The van der Waals surface area contributed by atoms with Crippen molar-refractivity contribution in [1.82, 2.24) is 4.90 Å². The molecule has 0 bridgehead atoms. The van der Waals surface area contributed by atoms with Gasteiger partial charge in [-0.25, -0.2) is 0 Å². The van der Waals surface area contributed by atoms with E-state index in [9.17, 15) is 9.59 Å². The number of hydrogen-bond acceptors (Lipinski definition) is 4. The zero-order valence-electron chi connectivity index (χ0n) is 16.6. The molecule has 152 valence electrons. The van der Waals surface area contributed by atoms with Crippen LogP contribution in [0.5, 0.6) is 11.5 Å². The highest BCUT2D eigenvalue weighted by atomic mass is 16.5. The van der Waals surface area contributed by atoms with Gasteiger partial charge in [-0.05, 0) is 67.5 Å². The lowest BCUT2D eigenvalue weighted by atomic mass is 9.90. The summed E-state index contributed by atoms with van der Waals surface area (Å²) in [7, 11) is 1.68. The first-order chi connectivity index (χ1) is 14.1. The summed E-state index contributed by atoms with van der Waals surface area (Å²) in [6.45, 7) is 1.55. The van der Waals surface area contributed by atoms with Crippen LogP contribution in [0.2, 0.25) is 0 Å². The SMILES string of the molecule is COc1ccc(CCC2CCN(C(=O)c3ccc4c(c3)OCC(=O)N4)CC2)cc1. The van der Waals surface area contributed by atoms with Gasteiger partial charge in [0.2, 0.25) is 0 Å². The van der Waals surface area contributed by atoms with Gasteiger partial charge < -0.3 is 19.7 Å². The van der Waals surface area contributed by atoms with Gasteiger partial charge >= 0.3 is 0 Å². The fourth-order valence-electron chi connectivity index (χ4n) is 3.98. The van der Waals surface area contributed by atoms with E-state index in [0.717, 1.165) is 44.5 Å². The van der Waals surface area contributed by atoms with E-state index in [1.165, 1.54) is 5.56 Å². The van der Waals surface area contributed by atoms with Gasteiger partial charge in [-0.2, -0.15) is 0 Å². The molecule has 0 aliphatic carbocycles. The predicted octanol–water partition coefficient (Wildman–Crippen LogP) is 3.51. The number of methoxy groups -OCH3 is 1. The Labute approximate surface area is 170 Å². The van der Waals surface area contributed by atoms with Gasteiger partial charge in [-0.15, -0.1) is 0 Å². The lowest BCUT2D eigenvalue weighted by Crippen LogP contribution is -2.38. The van der Waals surface area contributed by atoms with Gasteiger partial charge in [0.1, 0.15) is 11.5 Å². The van der Waals surface area contributed by atoms with E-state index in [4.69, 9.17) is 9.47 Å². The number of fused-ring (bicyclic) bond motifs is 1. The largest absolute Gasteiger partial charge is 0.497 e. The highest BCUT2D eigenvalue weighted by Crippen LogP contribution is 2.30. The van der Waals surface area contributed by atoms with Crippen LogP contribution in [0.4, 0.5) is 5.69 Å². The molecule has 4 rings (SSSR count). The number of nitrogens with one attached hydrogen (secondary N) is 1. The summed E-state index contributed by atoms with van der Waals surface area (Å²) < 4.78 is 10.6. The van der Waals surface area contributed by atoms with E-state index in [-0.39, 0.29) is 18.4 Å². The molecule has 1 N–H and O–H groups in total. The monoisotopic (exact) mass is 394 g/mol. The number of rotatable bonds is 5. The van der Waals surface area contributed by atoms with E-state index in [0.29, 0.717) is 22.9 Å². The fraction of sp³-hybridized carbons (Fsp3) is 0.391. The number of carbonyl (C=O) groups excluding carboxylic acids is 2. The van der Waals surface area contributed by atoms with Crippen molar-refractivity contribution < 1.29 is 19.1 Å². The Bertz CT molecular complexity index is 886. The van der Waals surface area contributed by atoms with Gasteiger partial charge in [-0.3, -0.25) is 9.59 Å². The molecule has 0 unspecified atom stereocenters. The maximum Gasteiger partial charge on any atom is 0.262 e. The number of anilines is 1. The standard InChI is InChI=1S/C23H26N2O4/c1-28-19-7-4-16(5-8-19)2-3-17-10-12-25(13-11-17)23(27)18-6-9-20-21(14-18)29-15-22(26)24-20/h4-9,14,17H,2-3,10-13,15H2,1H3,(H,24,26). The van der Waals surface area contributed by atoms with Crippen molar-refractivity contribution in [3.63, 3.8) is 0 Å². The van der Waals surface area contributed by atoms with Crippen molar-refractivity contribution in [2.24, 2.45) is 5.92 Å². The van der Waals surface area contributed by atoms with E-state index < -0.39 is 0 Å². The summed E-state index contributed by atoms with van der Waals surface area (Å²) in [5, 5.41) is 2.75. The van der Waals surface area contributed by atoms with Crippen LogP contribution < -0.4 is 14.8 Å². The Morgan fingerprint density at radius 2 is 1.93 bits per heavy atom. The number of piperidine rings is 1. The number of ether oxygens (including phenoxy) is 2. The molecule has 2 aliphatic heterocycles. The molecule has 1 fully saturated rings. The third-order valence-electron chi connectivity index (χ3n) is 5.76. The lowest BCUT2D eigenvalue weighted by molar-refractivity contribution is -0.118. The van der Waals surface area contributed by atoms with Crippen LogP contribution in [-0.2, 0) is 11.2 Å². The molecule has 6 nitrogen and oxygen atoms in total. The Balaban J connectivity index is 1.29. The quantitative estimate of drug-likeness (QED) is 0.843. The molecule has 6 heteroatoms. The Hall–Kier alpha value is -3.02. The van der Waals surface area contributed by atoms with Gasteiger partial charge in [0.05, 0.1) is 12.8 Å². The normalized spacial score (nSPS) is 16.6. The summed E-state index contributed by atoms with van der Waals surface area (Å²) >= 11 is 0. The molecule has 0 atom stereocenters. The number of likely N-dealkylation sites (tertiary alicyclic amines) is 1. The van der Waals surface area contributed by atoms with Crippen molar-refractivity contribution in [2.45, 2.75) is 25.7 Å². The molecule has 0 radical (unpaired) electrons. The van der Waals surface area contributed by atoms with E-state index >= 15 is 0 Å². The molecule has 0 aromatic heterocycles. The van der Waals surface area contributed by atoms with Crippen LogP contribution in [-0.4, -0.2) is 43.5 Å². The maximum absolute atomic E-state index is 12.9. The number of carbonyl (C=O) groups is 2. The lowest BCUT2D eigenvalue weighted by Gasteiger charge is -2.32. The molecule has 29 heavy (non-hydrogen) atoms. The van der Waals surface area contributed by atoms with Gasteiger partial charge in [0.25, 0.3) is 11.8 Å². The Morgan fingerprint density at radius 1 is 1.17 bits per heavy atom. The number of amides is 2. The molecule has 0 spiro atoms. The van der Waals surface area contributed by atoms with Crippen LogP contribution in [0.3, 0.4) is 0 Å². The fourth-order valence-corrected chi connectivity index (χ4v) is 3.98. The van der Waals surface area contributed by atoms with E-state index in [2.05, 4.69) is 17.4 Å². The zero-order valence-corrected chi connectivity index (χ0v) is 16.6. The van der Waals surface area contributed by atoms with Gasteiger partial charge in [0, 0.05) is 18.7 Å². The highest BCUT2D eigenvalue weighted by Gasteiger charge is 2.25. The summed E-state index contributed by atoms with van der Waals surface area (Å²) in [5.41, 5.74) is 2.55. The van der Waals surface area contributed by atoms with Crippen molar-refractivity contribution in [3.05, 3.63) is 53.6 Å². The first kappa shape index (κ1) is 19.3. The van der Waals surface area contributed by atoms with Crippen LogP contribution >= 0.6 is 0 Å². The first-order valence-electron chi connectivity index (χ1n) is 10.1. The number of nitrogens with zero attached hydrogens (tertiary/aromatic N) is 1. The summed E-state index contributed by atoms with van der Waals surface area (Å²) in [6, 6.07) is 13.5. The molecule has 0 saturated carbocycles. The topological polar surface area (TPSA) is 67.9 Å². The predicted molar refractivity (Wildman–Crippen MR) is 111 cm³/mol. The minimum Gasteiger partial charge on any atom is -0.497 e. The van der Waals surface area contributed by atoms with Gasteiger partial charge in [0.15, 0.2) is 6.61 Å². The molecular formula is C23H26N2O4. The number of hydrogen-bond donors (Lipinski definition) is 1. The average molecular weight is 394 g/mol. The molecule has 1 saturated heterocycles. The van der Waals surface area contributed by atoms with Crippen molar-refractivity contribution in [1.29, 1.82) is 0 Å². The molecular weight excluding hydrogens is 368 g/mol. The summed E-state index contributed by atoms with van der Waals surface area (Å²) in [5.74, 6) is 1.94. The van der Waals surface area contributed by atoms with Crippen molar-refractivity contribution in [3.8, 4) is 11.5 Å². The van der Waals surface area contributed by atoms with Crippen molar-refractivity contribution >= 4 is 17.5 Å². The maximum atomic E-state index is 12.9. The number of aryl methyl sites for hydroxylation is 1. The molecule has 2 aromatic carbocycles. The third kappa shape index (κ3) is 4.53. The molecule has 2 aromatic rings. The third-order valence-corrected chi connectivity index (χ3v) is 5.76. The van der Waals surface area contributed by atoms with Crippen LogP contribution in [0, 0.1) is 5.92 Å². The second-order valence-electron chi connectivity index (χ2n) is 7.67. The Morgan fingerprint density at radius 3 is 2.66 bits per heavy atom. The van der Waals surface area contributed by atoms with E-state index in [1.54, 1.807) is 25.3 Å². The number of benzene rings is 2.